The normalized spacial score (nSPS) is 16.2. The standard InChI is InChI=1S/C12H18N6/c1-2-4-11(3-1)15-12-13-5-7-17(12)9-10-18-8-6-14-16-18/h5-8,11H,1-4,9-10H2,(H,13,15). The fraction of sp³-hybridized carbons (Fsp3) is 0.583. The number of hydrogen-bond donors (Lipinski definition) is 1. The van der Waals surface area contributed by atoms with Crippen LogP contribution in [0.15, 0.2) is 24.8 Å². The lowest BCUT2D eigenvalue weighted by atomic mass is 10.2. The lowest BCUT2D eigenvalue weighted by molar-refractivity contribution is 0.519. The number of nitrogens with zero attached hydrogens (tertiary/aromatic N) is 5. The Morgan fingerprint density at radius 3 is 2.83 bits per heavy atom. The number of aromatic nitrogens is 5. The van der Waals surface area contributed by atoms with Crippen LogP contribution in [-0.2, 0) is 13.1 Å². The highest BCUT2D eigenvalue weighted by atomic mass is 15.4. The van der Waals surface area contributed by atoms with E-state index in [0.717, 1.165) is 19.0 Å². The van der Waals surface area contributed by atoms with Gasteiger partial charge in [-0.3, -0.25) is 4.68 Å². The molecule has 1 saturated carbocycles. The number of hydrogen-bond acceptors (Lipinski definition) is 4. The first-order chi connectivity index (χ1) is 8.92. The summed E-state index contributed by atoms with van der Waals surface area (Å²) in [5.41, 5.74) is 0. The zero-order valence-corrected chi connectivity index (χ0v) is 10.4. The van der Waals surface area contributed by atoms with Gasteiger partial charge in [-0.05, 0) is 12.8 Å². The van der Waals surface area contributed by atoms with Crippen molar-refractivity contribution in [3.05, 3.63) is 24.8 Å². The third-order valence-corrected chi connectivity index (χ3v) is 3.45. The third kappa shape index (κ3) is 2.52. The first-order valence-electron chi connectivity index (χ1n) is 6.53. The molecule has 0 radical (unpaired) electrons. The van der Waals surface area contributed by atoms with E-state index >= 15 is 0 Å². The predicted octanol–water partition coefficient (Wildman–Crippen LogP) is 1.53. The summed E-state index contributed by atoms with van der Waals surface area (Å²) in [5.74, 6) is 0.974. The average molecular weight is 246 g/mol. The summed E-state index contributed by atoms with van der Waals surface area (Å²) in [7, 11) is 0. The molecule has 0 bridgehead atoms. The van der Waals surface area contributed by atoms with Gasteiger partial charge in [0.05, 0.1) is 12.7 Å². The summed E-state index contributed by atoms with van der Waals surface area (Å²) in [6.45, 7) is 1.67. The second-order valence-electron chi connectivity index (χ2n) is 4.74. The Balaban J connectivity index is 1.60. The first-order valence-corrected chi connectivity index (χ1v) is 6.53. The summed E-state index contributed by atoms with van der Waals surface area (Å²) in [5, 5.41) is 11.3. The Kier molecular flexibility index (Phi) is 3.25. The SMILES string of the molecule is c1cn(CCn2ccnc2NC2CCCC2)nn1. The molecule has 6 heteroatoms. The van der Waals surface area contributed by atoms with Crippen molar-refractivity contribution < 1.29 is 0 Å². The molecule has 1 N–H and O–H groups in total. The molecule has 0 aliphatic heterocycles. The summed E-state index contributed by atoms with van der Waals surface area (Å²) in [4.78, 5) is 4.39. The van der Waals surface area contributed by atoms with Gasteiger partial charge in [-0.25, -0.2) is 4.98 Å². The molecule has 0 saturated heterocycles. The smallest absolute Gasteiger partial charge is 0.203 e. The van der Waals surface area contributed by atoms with Crippen LogP contribution in [-0.4, -0.2) is 30.6 Å². The Labute approximate surface area is 106 Å². The maximum Gasteiger partial charge on any atom is 0.203 e. The van der Waals surface area contributed by atoms with Crippen molar-refractivity contribution in [3.63, 3.8) is 0 Å². The molecule has 0 aromatic carbocycles. The average Bonchev–Trinajstić information content (AvgIpc) is 3.10. The van der Waals surface area contributed by atoms with E-state index in [9.17, 15) is 0 Å². The molecule has 1 aliphatic carbocycles. The first kappa shape index (κ1) is 11.3. The van der Waals surface area contributed by atoms with Crippen LogP contribution >= 0.6 is 0 Å². The topological polar surface area (TPSA) is 60.6 Å². The zero-order chi connectivity index (χ0) is 12.2. The molecule has 1 aliphatic rings. The van der Waals surface area contributed by atoms with Gasteiger partial charge in [-0.2, -0.15) is 0 Å². The van der Waals surface area contributed by atoms with Crippen molar-refractivity contribution in [3.8, 4) is 0 Å². The van der Waals surface area contributed by atoms with Crippen LogP contribution in [0.4, 0.5) is 5.95 Å². The summed E-state index contributed by atoms with van der Waals surface area (Å²) in [6.07, 6.45) is 12.6. The van der Waals surface area contributed by atoms with E-state index in [2.05, 4.69) is 25.2 Å². The van der Waals surface area contributed by atoms with Crippen molar-refractivity contribution >= 4 is 5.95 Å². The van der Waals surface area contributed by atoms with Gasteiger partial charge in [-0.1, -0.05) is 18.1 Å². The van der Waals surface area contributed by atoms with Crippen molar-refractivity contribution in [2.75, 3.05) is 5.32 Å². The van der Waals surface area contributed by atoms with Crippen LogP contribution in [0.5, 0.6) is 0 Å². The Morgan fingerprint density at radius 2 is 2.06 bits per heavy atom. The molecule has 3 rings (SSSR count). The van der Waals surface area contributed by atoms with Gasteiger partial charge in [0, 0.05) is 31.2 Å². The molecule has 2 aromatic rings. The monoisotopic (exact) mass is 246 g/mol. The van der Waals surface area contributed by atoms with Crippen molar-refractivity contribution in [1.82, 2.24) is 24.5 Å². The maximum absolute atomic E-state index is 4.39. The van der Waals surface area contributed by atoms with Crippen molar-refractivity contribution in [2.24, 2.45) is 0 Å². The van der Waals surface area contributed by atoms with Gasteiger partial charge in [0.1, 0.15) is 0 Å². The third-order valence-electron chi connectivity index (χ3n) is 3.45. The Bertz CT molecular complexity index is 468. The second-order valence-corrected chi connectivity index (χ2v) is 4.74. The van der Waals surface area contributed by atoms with Crippen LogP contribution in [0.25, 0.3) is 0 Å². The highest BCUT2D eigenvalue weighted by Crippen LogP contribution is 2.21. The Hall–Kier alpha value is -1.85. The highest BCUT2D eigenvalue weighted by molar-refractivity contribution is 5.27. The van der Waals surface area contributed by atoms with E-state index in [4.69, 9.17) is 0 Å². The van der Waals surface area contributed by atoms with E-state index in [1.54, 1.807) is 6.20 Å². The number of anilines is 1. The van der Waals surface area contributed by atoms with E-state index in [0.29, 0.717) is 6.04 Å². The van der Waals surface area contributed by atoms with Crippen LogP contribution in [0, 0.1) is 0 Å². The van der Waals surface area contributed by atoms with E-state index in [-0.39, 0.29) is 0 Å². The lowest BCUT2D eigenvalue weighted by Crippen LogP contribution is -2.19. The molecule has 0 amide bonds. The minimum Gasteiger partial charge on any atom is -0.353 e. The van der Waals surface area contributed by atoms with Gasteiger partial charge >= 0.3 is 0 Å². The molecule has 6 nitrogen and oxygen atoms in total. The van der Waals surface area contributed by atoms with E-state index in [1.807, 2.05) is 23.3 Å². The van der Waals surface area contributed by atoms with Gasteiger partial charge in [0.25, 0.3) is 0 Å². The van der Waals surface area contributed by atoms with Gasteiger partial charge < -0.3 is 9.88 Å². The minimum atomic E-state index is 0.595. The molecule has 1 fully saturated rings. The summed E-state index contributed by atoms with van der Waals surface area (Å²) < 4.78 is 3.97. The molecule has 18 heavy (non-hydrogen) atoms. The predicted molar refractivity (Wildman–Crippen MR) is 68.1 cm³/mol. The van der Waals surface area contributed by atoms with Crippen molar-refractivity contribution in [2.45, 2.75) is 44.8 Å². The number of imidazole rings is 1. The molecule has 96 valence electrons. The van der Waals surface area contributed by atoms with Gasteiger partial charge in [0.2, 0.25) is 5.95 Å². The fourth-order valence-electron chi connectivity index (χ4n) is 2.44. The van der Waals surface area contributed by atoms with E-state index in [1.165, 1.54) is 25.7 Å². The lowest BCUT2D eigenvalue weighted by Gasteiger charge is -2.14. The second kappa shape index (κ2) is 5.20. The van der Waals surface area contributed by atoms with E-state index < -0.39 is 0 Å². The molecular formula is C12H18N6. The molecule has 0 spiro atoms. The van der Waals surface area contributed by atoms with Crippen LogP contribution in [0.3, 0.4) is 0 Å². The number of nitrogens with one attached hydrogen (secondary N) is 1. The van der Waals surface area contributed by atoms with Crippen LogP contribution in [0.1, 0.15) is 25.7 Å². The maximum atomic E-state index is 4.39. The summed E-state index contributed by atoms with van der Waals surface area (Å²) in [6, 6.07) is 0.595. The molecule has 2 aromatic heterocycles. The number of rotatable bonds is 5. The Morgan fingerprint density at radius 1 is 1.17 bits per heavy atom. The van der Waals surface area contributed by atoms with Crippen LogP contribution < -0.4 is 5.32 Å². The quantitative estimate of drug-likeness (QED) is 0.869. The van der Waals surface area contributed by atoms with Crippen LogP contribution in [0.2, 0.25) is 0 Å². The van der Waals surface area contributed by atoms with Gasteiger partial charge in [-0.15, -0.1) is 5.10 Å². The molecule has 2 heterocycles. The molecular weight excluding hydrogens is 228 g/mol. The largest absolute Gasteiger partial charge is 0.353 e. The fourth-order valence-corrected chi connectivity index (χ4v) is 2.44. The zero-order valence-electron chi connectivity index (χ0n) is 10.4. The number of aryl methyl sites for hydroxylation is 2. The summed E-state index contributed by atoms with van der Waals surface area (Å²) >= 11 is 0. The minimum absolute atomic E-state index is 0.595. The molecule has 0 atom stereocenters. The highest BCUT2D eigenvalue weighted by Gasteiger charge is 2.16. The van der Waals surface area contributed by atoms with Gasteiger partial charge in [0.15, 0.2) is 0 Å². The van der Waals surface area contributed by atoms with Crippen molar-refractivity contribution in [1.29, 1.82) is 0 Å². The molecule has 0 unspecified atom stereocenters.